The molecule has 11 heteroatoms. The highest BCUT2D eigenvalue weighted by Crippen LogP contribution is 2.24. The summed E-state index contributed by atoms with van der Waals surface area (Å²) in [5.41, 5.74) is 1.39. The van der Waals surface area contributed by atoms with Gasteiger partial charge in [0.25, 0.3) is 9.84 Å². The van der Waals surface area contributed by atoms with Gasteiger partial charge in [0.1, 0.15) is 5.75 Å². The number of aromatic nitrogens is 2. The molecule has 0 spiro atoms. The van der Waals surface area contributed by atoms with E-state index in [1.165, 1.54) is 42.5 Å². The number of esters is 1. The Kier molecular flexibility index (Phi) is 7.32. The third-order valence-corrected chi connectivity index (χ3v) is 5.91. The molecule has 33 heavy (non-hydrogen) atoms. The number of carbonyl (C=O) groups excluding carboxylic acids is 1. The van der Waals surface area contributed by atoms with Crippen molar-refractivity contribution < 1.29 is 37.3 Å². The fourth-order valence-electron chi connectivity index (χ4n) is 2.55. The van der Waals surface area contributed by atoms with Crippen LogP contribution in [0.4, 0.5) is 0 Å². The van der Waals surface area contributed by atoms with E-state index in [9.17, 15) is 23.5 Å². The molecule has 3 rings (SSSR count). The number of rotatable bonds is 7. The summed E-state index contributed by atoms with van der Waals surface area (Å²) in [4.78, 5) is 11.3. The second-order valence-corrected chi connectivity index (χ2v) is 8.35. The molecule has 1 aromatic heterocycles. The van der Waals surface area contributed by atoms with Gasteiger partial charge in [-0.1, -0.05) is 36.1 Å². The van der Waals surface area contributed by atoms with Gasteiger partial charge >= 0.3 is 16.9 Å². The zero-order valence-electron chi connectivity index (χ0n) is 17.3. The molecule has 0 fully saturated rings. The van der Waals surface area contributed by atoms with Crippen LogP contribution in [0.5, 0.6) is 11.6 Å². The molecule has 2 aromatic carbocycles. The van der Waals surface area contributed by atoms with Crippen LogP contribution < -0.4 is 9.64 Å². The van der Waals surface area contributed by atoms with Crippen LogP contribution >= 0.6 is 0 Å². The molecule has 0 radical (unpaired) electrons. The molecule has 1 heterocycles. The zero-order valence-corrected chi connectivity index (χ0v) is 18.1. The van der Waals surface area contributed by atoms with Gasteiger partial charge in [-0.05, 0) is 53.3 Å². The summed E-state index contributed by atoms with van der Waals surface area (Å²) in [5.74, 6) is 4.03. The number of phenols is 1. The largest absolute Gasteiger partial charge is 0.508 e. The van der Waals surface area contributed by atoms with E-state index in [0.717, 1.165) is 0 Å². The maximum absolute atomic E-state index is 12.6. The molecule has 170 valence electrons. The first-order valence-electron chi connectivity index (χ1n) is 9.42. The number of benzene rings is 2. The lowest BCUT2D eigenvalue weighted by atomic mass is 10.1. The van der Waals surface area contributed by atoms with Crippen molar-refractivity contribution in [2.24, 2.45) is 0 Å². The van der Waals surface area contributed by atoms with Crippen LogP contribution in [-0.2, 0) is 19.4 Å². The van der Waals surface area contributed by atoms with Crippen molar-refractivity contribution in [3.05, 3.63) is 70.9 Å². The van der Waals surface area contributed by atoms with Crippen molar-refractivity contribution in [2.75, 3.05) is 13.2 Å². The molecule has 10 nitrogen and oxygen atoms in total. The number of phenolic OH excluding ortho intramolecular Hbond substituents is 1. The SMILES string of the molecule is Cc1cc(/C=C/C(=O)OCC#CCOc2no[n+]([O-])c2S(=O)(=O)c2ccccc2)ccc1O. The summed E-state index contributed by atoms with van der Waals surface area (Å²) >= 11 is 0. The monoisotopic (exact) mass is 470 g/mol. The Balaban J connectivity index is 1.53. The van der Waals surface area contributed by atoms with Gasteiger partial charge in [0.2, 0.25) is 0 Å². The molecule has 0 amide bonds. The summed E-state index contributed by atoms with van der Waals surface area (Å²) in [5, 5.41) is 23.8. The molecule has 0 aliphatic rings. The molecule has 0 unspecified atom stereocenters. The Morgan fingerprint density at radius 2 is 1.94 bits per heavy atom. The van der Waals surface area contributed by atoms with Gasteiger partial charge in [0.15, 0.2) is 13.2 Å². The number of hydrogen-bond acceptors (Lipinski definition) is 9. The average Bonchev–Trinajstić information content (AvgIpc) is 3.18. The quantitative estimate of drug-likeness (QED) is 0.237. The molecule has 0 aliphatic carbocycles. The molecule has 1 N–H and O–H groups in total. The maximum Gasteiger partial charge on any atom is 0.415 e. The third-order valence-electron chi connectivity index (χ3n) is 4.18. The number of aryl methyl sites for hydroxylation is 1. The highest BCUT2D eigenvalue weighted by atomic mass is 32.2. The van der Waals surface area contributed by atoms with Gasteiger partial charge in [0.05, 0.1) is 10.1 Å². The summed E-state index contributed by atoms with van der Waals surface area (Å²) < 4.78 is 39.7. The van der Waals surface area contributed by atoms with E-state index in [0.29, 0.717) is 11.1 Å². The van der Waals surface area contributed by atoms with E-state index in [1.54, 1.807) is 25.1 Å². The highest BCUT2D eigenvalue weighted by Gasteiger charge is 2.35. The number of carbonyl (C=O) groups is 1. The molecular formula is C22H18N2O8S. The molecular weight excluding hydrogens is 452 g/mol. The van der Waals surface area contributed by atoms with E-state index in [-0.39, 0.29) is 28.8 Å². The smallest absolute Gasteiger partial charge is 0.415 e. The Morgan fingerprint density at radius 1 is 1.21 bits per heavy atom. The van der Waals surface area contributed by atoms with Crippen molar-refractivity contribution in [3.63, 3.8) is 0 Å². The lowest BCUT2D eigenvalue weighted by Gasteiger charge is -2.01. The maximum atomic E-state index is 12.6. The standard InChI is InChI=1S/C22H18N2O8S/c1-16-15-17(9-11-19(16)25)10-12-20(26)30-13-5-6-14-31-21-22(24(27)32-23-21)33(28,29)18-7-3-2-4-8-18/h2-4,7-12,15,25H,13-14H2,1H3/b12-10+. The Labute approximate surface area is 189 Å². The summed E-state index contributed by atoms with van der Waals surface area (Å²) in [6.07, 6.45) is 2.75. The predicted molar refractivity (Wildman–Crippen MR) is 113 cm³/mol. The van der Waals surface area contributed by atoms with Crippen molar-refractivity contribution in [2.45, 2.75) is 16.8 Å². The third kappa shape index (κ3) is 5.90. The first-order chi connectivity index (χ1) is 15.8. The predicted octanol–water partition coefficient (Wildman–Crippen LogP) is 1.79. The molecule has 0 aliphatic heterocycles. The summed E-state index contributed by atoms with van der Waals surface area (Å²) in [6, 6.07) is 12.1. The summed E-state index contributed by atoms with van der Waals surface area (Å²) in [6.45, 7) is 1.17. The fraction of sp³-hybridized carbons (Fsp3) is 0.136. The van der Waals surface area contributed by atoms with E-state index in [2.05, 4.69) is 21.6 Å². The van der Waals surface area contributed by atoms with Gasteiger partial charge < -0.3 is 19.8 Å². The minimum atomic E-state index is -4.22. The molecule has 3 aromatic rings. The Hall–Kier alpha value is -4.30. The van der Waals surface area contributed by atoms with Crippen molar-refractivity contribution in [3.8, 4) is 23.5 Å². The lowest BCUT2D eigenvalue weighted by molar-refractivity contribution is -0.832. The topological polar surface area (TPSA) is 143 Å². The Morgan fingerprint density at radius 3 is 2.67 bits per heavy atom. The number of nitrogens with zero attached hydrogens (tertiary/aromatic N) is 2. The van der Waals surface area contributed by atoms with Crippen molar-refractivity contribution in [1.82, 2.24) is 5.16 Å². The van der Waals surface area contributed by atoms with Crippen LogP contribution in [0.15, 0.2) is 69.2 Å². The van der Waals surface area contributed by atoms with Crippen LogP contribution in [0, 0.1) is 24.0 Å². The minimum Gasteiger partial charge on any atom is -0.508 e. The first-order valence-corrected chi connectivity index (χ1v) is 10.9. The number of aromatic hydroxyl groups is 1. The van der Waals surface area contributed by atoms with Crippen molar-refractivity contribution >= 4 is 21.9 Å². The van der Waals surface area contributed by atoms with Crippen LogP contribution in [-0.4, -0.2) is 37.9 Å². The molecule has 0 saturated carbocycles. The van der Waals surface area contributed by atoms with Gasteiger partial charge in [-0.3, -0.25) is 4.63 Å². The first kappa shape index (κ1) is 23.4. The molecule has 0 saturated heterocycles. The van der Waals surface area contributed by atoms with Crippen LogP contribution in [0.1, 0.15) is 11.1 Å². The average molecular weight is 470 g/mol. The number of hydrogen-bond donors (Lipinski definition) is 1. The highest BCUT2D eigenvalue weighted by molar-refractivity contribution is 7.91. The van der Waals surface area contributed by atoms with Crippen LogP contribution in [0.3, 0.4) is 0 Å². The van der Waals surface area contributed by atoms with Gasteiger partial charge in [0, 0.05) is 6.08 Å². The second-order valence-electron chi connectivity index (χ2n) is 6.49. The summed E-state index contributed by atoms with van der Waals surface area (Å²) in [7, 11) is -4.22. The minimum absolute atomic E-state index is 0.129. The molecule has 0 bridgehead atoms. The normalized spacial score (nSPS) is 11.1. The Bertz CT molecular complexity index is 1340. The lowest BCUT2D eigenvalue weighted by Crippen LogP contribution is -2.30. The van der Waals surface area contributed by atoms with Crippen LogP contribution in [0.2, 0.25) is 0 Å². The number of ether oxygens (including phenoxy) is 2. The fourth-order valence-corrected chi connectivity index (χ4v) is 3.84. The van der Waals surface area contributed by atoms with E-state index < -0.39 is 26.7 Å². The van der Waals surface area contributed by atoms with E-state index in [1.807, 2.05) is 0 Å². The second kappa shape index (κ2) is 10.3. The number of sulfone groups is 1. The van der Waals surface area contributed by atoms with Gasteiger partial charge in [-0.2, -0.15) is 0 Å². The zero-order chi connectivity index (χ0) is 23.8. The van der Waals surface area contributed by atoms with E-state index >= 15 is 0 Å². The van der Waals surface area contributed by atoms with E-state index in [4.69, 9.17) is 9.47 Å². The van der Waals surface area contributed by atoms with Crippen molar-refractivity contribution in [1.29, 1.82) is 0 Å². The van der Waals surface area contributed by atoms with Crippen LogP contribution in [0.25, 0.3) is 6.08 Å². The van der Waals surface area contributed by atoms with Gasteiger partial charge in [-0.15, -0.1) is 0 Å². The molecule has 0 atom stereocenters. The van der Waals surface area contributed by atoms with Gasteiger partial charge in [-0.25, -0.2) is 13.2 Å².